The van der Waals surface area contributed by atoms with E-state index >= 15 is 0 Å². The third-order valence-electron chi connectivity index (χ3n) is 4.04. The maximum atomic E-state index is 11.6. The van der Waals surface area contributed by atoms with Crippen LogP contribution < -0.4 is 0 Å². The van der Waals surface area contributed by atoms with E-state index in [1.54, 1.807) is 0 Å². The van der Waals surface area contributed by atoms with Crippen LogP contribution >= 0.6 is 11.6 Å². The molecule has 5 nitrogen and oxygen atoms in total. The number of rotatable bonds is 7. The van der Waals surface area contributed by atoms with Crippen molar-refractivity contribution in [3.05, 3.63) is 16.7 Å². The minimum absolute atomic E-state index is 0.0958. The lowest BCUT2D eigenvalue weighted by molar-refractivity contribution is 0.212. The van der Waals surface area contributed by atoms with Crippen LogP contribution in [0.4, 0.5) is 0 Å². The third kappa shape index (κ3) is 4.44. The molecule has 2 heterocycles. The van der Waals surface area contributed by atoms with Gasteiger partial charge in [0.05, 0.1) is 17.2 Å². The first kappa shape index (κ1) is 16.8. The molecule has 1 N–H and O–H groups in total. The second-order valence-corrected chi connectivity index (χ2v) is 8.26. The average Bonchev–Trinajstić information content (AvgIpc) is 2.96. The fourth-order valence-electron chi connectivity index (χ4n) is 2.77. The Hall–Kier alpha value is -0.590. The summed E-state index contributed by atoms with van der Waals surface area (Å²) in [6.45, 7) is 5.63. The Morgan fingerprint density at radius 2 is 2.19 bits per heavy atom. The van der Waals surface area contributed by atoms with Gasteiger partial charge in [-0.05, 0) is 19.4 Å². The molecule has 0 aromatic carbocycles. The monoisotopic (exact) mass is 333 g/mol. The third-order valence-corrected chi connectivity index (χ3v) is 6.10. The zero-order valence-corrected chi connectivity index (χ0v) is 14.3. The normalized spacial score (nSPS) is 21.2. The number of aromatic nitrogens is 2. The molecule has 7 heteroatoms. The van der Waals surface area contributed by atoms with Gasteiger partial charge in [-0.15, -0.1) is 0 Å². The summed E-state index contributed by atoms with van der Waals surface area (Å²) in [4.78, 5) is 9.82. The van der Waals surface area contributed by atoms with Crippen molar-refractivity contribution < 1.29 is 8.42 Å². The second-order valence-electron chi connectivity index (χ2n) is 5.68. The zero-order valence-electron chi connectivity index (χ0n) is 12.7. The molecule has 1 aliphatic heterocycles. The minimum Gasteiger partial charge on any atom is -0.344 e. The van der Waals surface area contributed by atoms with Crippen molar-refractivity contribution in [1.82, 2.24) is 14.9 Å². The first-order valence-electron chi connectivity index (χ1n) is 7.63. The summed E-state index contributed by atoms with van der Waals surface area (Å²) < 4.78 is 23.3. The van der Waals surface area contributed by atoms with E-state index < -0.39 is 9.84 Å². The number of aryl methyl sites for hydroxylation is 1. The van der Waals surface area contributed by atoms with Crippen molar-refractivity contribution in [3.63, 3.8) is 0 Å². The Kier molecular flexibility index (Phi) is 5.68. The standard InChI is InChI=1S/C14H24ClN3O2S/c1-3-5-6-13-16-12(14(15)17-13)9-18(4-2)11-7-8-21(19,20)10-11/h11H,3-10H2,1-2H3,(H,16,17). The molecule has 2 rings (SSSR count). The predicted molar refractivity (Wildman–Crippen MR) is 85.4 cm³/mol. The molecule has 0 radical (unpaired) electrons. The lowest BCUT2D eigenvalue weighted by Crippen LogP contribution is -2.35. The maximum absolute atomic E-state index is 11.6. The van der Waals surface area contributed by atoms with E-state index in [1.807, 2.05) is 6.92 Å². The van der Waals surface area contributed by atoms with Crippen LogP contribution in [0.3, 0.4) is 0 Å². The second kappa shape index (κ2) is 7.11. The Morgan fingerprint density at radius 1 is 1.43 bits per heavy atom. The molecule has 0 spiro atoms. The highest BCUT2D eigenvalue weighted by atomic mass is 35.5. The summed E-state index contributed by atoms with van der Waals surface area (Å²) in [7, 11) is -2.86. The van der Waals surface area contributed by atoms with Crippen LogP contribution in [0.1, 0.15) is 44.6 Å². The molecule has 1 aromatic rings. The van der Waals surface area contributed by atoms with Crippen LogP contribution in [0.2, 0.25) is 5.15 Å². The number of hydrogen-bond donors (Lipinski definition) is 1. The van der Waals surface area contributed by atoms with Crippen molar-refractivity contribution in [3.8, 4) is 0 Å². The predicted octanol–water partition coefficient (Wildman–Crippen LogP) is 2.41. The maximum Gasteiger partial charge on any atom is 0.151 e. The van der Waals surface area contributed by atoms with Gasteiger partial charge in [0.25, 0.3) is 0 Å². The molecule has 1 atom stereocenters. The number of unbranched alkanes of at least 4 members (excludes halogenated alkanes) is 1. The van der Waals surface area contributed by atoms with Gasteiger partial charge in [-0.1, -0.05) is 31.9 Å². The van der Waals surface area contributed by atoms with Crippen LogP contribution in [-0.4, -0.2) is 47.4 Å². The Bertz CT molecular complexity index is 571. The molecule has 1 aliphatic rings. The van der Waals surface area contributed by atoms with E-state index in [2.05, 4.69) is 21.8 Å². The van der Waals surface area contributed by atoms with Gasteiger partial charge in [-0.25, -0.2) is 13.4 Å². The van der Waals surface area contributed by atoms with Crippen LogP contribution in [0, 0.1) is 0 Å². The highest BCUT2D eigenvalue weighted by Gasteiger charge is 2.32. The molecule has 1 aromatic heterocycles. The van der Waals surface area contributed by atoms with Crippen molar-refractivity contribution in [2.75, 3.05) is 18.1 Å². The topological polar surface area (TPSA) is 66.1 Å². The van der Waals surface area contributed by atoms with Gasteiger partial charge >= 0.3 is 0 Å². The number of halogens is 1. The molecule has 0 bridgehead atoms. The highest BCUT2D eigenvalue weighted by molar-refractivity contribution is 7.91. The van der Waals surface area contributed by atoms with E-state index in [0.717, 1.165) is 37.3 Å². The number of nitrogens with zero attached hydrogens (tertiary/aromatic N) is 2. The summed E-state index contributed by atoms with van der Waals surface area (Å²) in [5, 5.41) is 0.514. The summed E-state index contributed by atoms with van der Waals surface area (Å²) in [6, 6.07) is 0.0958. The Labute approximate surface area is 132 Å². The van der Waals surface area contributed by atoms with Crippen molar-refractivity contribution in [2.24, 2.45) is 0 Å². The molecule has 21 heavy (non-hydrogen) atoms. The van der Waals surface area contributed by atoms with Crippen molar-refractivity contribution in [2.45, 2.75) is 52.1 Å². The van der Waals surface area contributed by atoms with Crippen LogP contribution in [0.5, 0.6) is 0 Å². The van der Waals surface area contributed by atoms with Crippen LogP contribution in [0.15, 0.2) is 0 Å². The van der Waals surface area contributed by atoms with Gasteiger partial charge in [0, 0.05) is 19.0 Å². The fourth-order valence-corrected chi connectivity index (χ4v) is 4.74. The molecule has 120 valence electrons. The lowest BCUT2D eigenvalue weighted by atomic mass is 10.2. The minimum atomic E-state index is -2.86. The van der Waals surface area contributed by atoms with Gasteiger partial charge < -0.3 is 4.98 Å². The number of nitrogens with one attached hydrogen (secondary N) is 1. The molecule has 0 amide bonds. The number of H-pyrrole nitrogens is 1. The summed E-state index contributed by atoms with van der Waals surface area (Å²) in [6.07, 6.45) is 3.82. The first-order chi connectivity index (χ1) is 9.95. The molecule has 1 fully saturated rings. The number of sulfone groups is 1. The van der Waals surface area contributed by atoms with Gasteiger partial charge in [0.2, 0.25) is 0 Å². The number of imidazole rings is 1. The van der Waals surface area contributed by atoms with Crippen LogP contribution in [-0.2, 0) is 22.8 Å². The smallest absolute Gasteiger partial charge is 0.151 e. The molecule has 1 saturated heterocycles. The van der Waals surface area contributed by atoms with Gasteiger partial charge in [0.15, 0.2) is 15.0 Å². The summed E-state index contributed by atoms with van der Waals surface area (Å²) in [5.41, 5.74) is 0.897. The summed E-state index contributed by atoms with van der Waals surface area (Å²) in [5.74, 6) is 1.48. The first-order valence-corrected chi connectivity index (χ1v) is 9.82. The lowest BCUT2D eigenvalue weighted by Gasteiger charge is -2.25. The van der Waals surface area contributed by atoms with Gasteiger partial charge in [-0.3, -0.25) is 4.90 Å². The van der Waals surface area contributed by atoms with E-state index in [0.29, 0.717) is 23.9 Å². The average molecular weight is 334 g/mol. The van der Waals surface area contributed by atoms with E-state index in [4.69, 9.17) is 11.6 Å². The zero-order chi connectivity index (χ0) is 15.5. The molecule has 1 unspecified atom stereocenters. The van der Waals surface area contributed by atoms with Crippen LogP contribution in [0.25, 0.3) is 0 Å². The molecular weight excluding hydrogens is 310 g/mol. The fraction of sp³-hybridized carbons (Fsp3) is 0.786. The quantitative estimate of drug-likeness (QED) is 0.832. The van der Waals surface area contributed by atoms with E-state index in [1.165, 1.54) is 0 Å². The summed E-state index contributed by atoms with van der Waals surface area (Å²) >= 11 is 6.20. The molecular formula is C14H24ClN3O2S. The largest absolute Gasteiger partial charge is 0.344 e. The van der Waals surface area contributed by atoms with E-state index in [-0.39, 0.29) is 11.8 Å². The van der Waals surface area contributed by atoms with Gasteiger partial charge in [0.1, 0.15) is 5.82 Å². The highest BCUT2D eigenvalue weighted by Crippen LogP contribution is 2.22. The molecule has 0 saturated carbocycles. The van der Waals surface area contributed by atoms with Crippen molar-refractivity contribution in [1.29, 1.82) is 0 Å². The Morgan fingerprint density at radius 3 is 2.76 bits per heavy atom. The SMILES string of the molecule is CCCCc1nc(Cl)c(CN(CC)C2CCS(=O)(=O)C2)[nH]1. The number of aromatic amines is 1. The van der Waals surface area contributed by atoms with Gasteiger partial charge in [-0.2, -0.15) is 0 Å². The van der Waals surface area contributed by atoms with Crippen molar-refractivity contribution >= 4 is 21.4 Å². The Balaban J connectivity index is 2.03. The van der Waals surface area contributed by atoms with E-state index in [9.17, 15) is 8.42 Å². The number of hydrogen-bond acceptors (Lipinski definition) is 4. The molecule has 0 aliphatic carbocycles.